The van der Waals surface area contributed by atoms with Crippen LogP contribution in [-0.2, 0) is 28.5 Å². The summed E-state index contributed by atoms with van der Waals surface area (Å²) in [5.74, 6) is -0.138. The number of rotatable bonds is 10. The molecule has 3 heterocycles. The van der Waals surface area contributed by atoms with Crippen molar-refractivity contribution in [3.8, 4) is 0 Å². The molecule has 3 aliphatic heterocycles. The van der Waals surface area contributed by atoms with E-state index in [1.165, 1.54) is 19.1 Å². The summed E-state index contributed by atoms with van der Waals surface area (Å²) in [4.78, 5) is 65.3. The molecule has 19 heteroatoms. The number of esters is 1. The third-order valence-electron chi connectivity index (χ3n) is 8.27. The third-order valence-corrected chi connectivity index (χ3v) is 8.61. The van der Waals surface area contributed by atoms with Crippen LogP contribution in [0.2, 0.25) is 0 Å². The van der Waals surface area contributed by atoms with Crippen LogP contribution in [0.1, 0.15) is 18.1 Å². The van der Waals surface area contributed by atoms with Crippen LogP contribution in [0.3, 0.4) is 0 Å². The molecule has 2 aromatic carbocycles. The minimum Gasteiger partial charge on any atom is -0.465 e. The number of alkyl halides is 1. The SMILES string of the molecule is CCOC(=O)CN1CCN(C[C@H]2CN(c3ccc(C(=N)NC(=O)OC)cc3)C(=O)O2)CC1.COC(=O)NC(=N)c1ccc(N2C[C@@H](CCl)OC2=O)cc1. The van der Waals surface area contributed by atoms with Crippen LogP contribution in [0.4, 0.5) is 30.6 Å². The second-order valence-corrected chi connectivity index (χ2v) is 12.2. The second-order valence-electron chi connectivity index (χ2n) is 11.8. The van der Waals surface area contributed by atoms with E-state index in [9.17, 15) is 24.0 Å². The van der Waals surface area contributed by atoms with Gasteiger partial charge < -0.3 is 23.7 Å². The van der Waals surface area contributed by atoms with Gasteiger partial charge in [-0.15, -0.1) is 11.6 Å². The number of hydrogen-bond acceptors (Lipinski definition) is 14. The maximum absolute atomic E-state index is 12.4. The molecule has 0 spiro atoms. The number of anilines is 2. The van der Waals surface area contributed by atoms with Gasteiger partial charge in [0.05, 0.1) is 46.3 Å². The Balaban J connectivity index is 0.000000258. The second kappa shape index (κ2) is 19.4. The van der Waals surface area contributed by atoms with Crippen LogP contribution in [0.15, 0.2) is 48.5 Å². The fourth-order valence-electron chi connectivity index (χ4n) is 5.51. The first kappa shape index (κ1) is 40.3. The fraction of sp³-hybridized carbons (Fsp3) is 0.441. The van der Waals surface area contributed by atoms with Gasteiger partial charge in [0.25, 0.3) is 0 Å². The van der Waals surface area contributed by atoms with Gasteiger partial charge in [-0.1, -0.05) is 0 Å². The summed E-state index contributed by atoms with van der Waals surface area (Å²) in [5.41, 5.74) is 2.28. The van der Waals surface area contributed by atoms with E-state index in [0.29, 0.717) is 55.3 Å². The van der Waals surface area contributed by atoms with Crippen LogP contribution >= 0.6 is 11.6 Å². The number of methoxy groups -OCH3 is 2. The first-order valence-electron chi connectivity index (χ1n) is 16.6. The van der Waals surface area contributed by atoms with E-state index in [0.717, 1.165) is 26.2 Å². The lowest BCUT2D eigenvalue weighted by Gasteiger charge is -2.34. The molecule has 0 unspecified atom stereocenters. The summed E-state index contributed by atoms with van der Waals surface area (Å²) in [7, 11) is 2.45. The van der Waals surface area contributed by atoms with Crippen molar-refractivity contribution in [2.45, 2.75) is 19.1 Å². The zero-order chi connectivity index (χ0) is 38.5. The molecule has 4 amide bonds. The molecule has 53 heavy (non-hydrogen) atoms. The smallest absolute Gasteiger partial charge is 0.414 e. The Morgan fingerprint density at radius 3 is 1.60 bits per heavy atom. The Kier molecular flexibility index (Phi) is 14.8. The lowest BCUT2D eigenvalue weighted by molar-refractivity contribution is -0.144. The van der Waals surface area contributed by atoms with E-state index >= 15 is 0 Å². The summed E-state index contributed by atoms with van der Waals surface area (Å²) in [6, 6.07) is 13.3. The molecule has 3 saturated heterocycles. The average Bonchev–Trinajstić information content (AvgIpc) is 3.73. The van der Waals surface area contributed by atoms with Crippen molar-refractivity contribution in [2.24, 2.45) is 0 Å². The van der Waals surface area contributed by atoms with Crippen LogP contribution in [0.25, 0.3) is 0 Å². The highest BCUT2D eigenvalue weighted by Gasteiger charge is 2.34. The van der Waals surface area contributed by atoms with Gasteiger partial charge >= 0.3 is 30.3 Å². The molecule has 2 aromatic rings. The zero-order valence-electron chi connectivity index (χ0n) is 29.6. The van der Waals surface area contributed by atoms with Gasteiger partial charge in [0, 0.05) is 55.2 Å². The van der Waals surface area contributed by atoms with Crippen LogP contribution in [0, 0.1) is 10.8 Å². The number of halogens is 1. The number of alkyl carbamates (subject to hydrolysis) is 2. The van der Waals surface area contributed by atoms with Gasteiger partial charge in [-0.3, -0.25) is 45.8 Å². The summed E-state index contributed by atoms with van der Waals surface area (Å²) < 4.78 is 24.5. The monoisotopic (exact) mass is 758 g/mol. The van der Waals surface area contributed by atoms with Crippen molar-refractivity contribution >= 4 is 65.0 Å². The molecule has 3 aliphatic rings. The Morgan fingerprint density at radius 2 is 1.19 bits per heavy atom. The van der Waals surface area contributed by atoms with Crippen LogP contribution < -0.4 is 20.4 Å². The number of benzene rings is 2. The van der Waals surface area contributed by atoms with E-state index < -0.39 is 24.4 Å². The standard InChI is InChI=1S/C21H29N5O6.C13H14ClN3O4/c1-3-31-18(27)14-25-10-8-24(9-11-25)12-17-13-26(21(29)32-17)16-6-4-15(5-7-16)19(22)23-20(28)30-2;1-20-12(18)16-11(15)8-2-4-9(5-3-8)17-7-10(6-14)21-13(17)19/h4-7,17H,3,8-14H2,1-2H3,(H2,22,23,28);2-5,10H,6-7H2,1H3,(H2,15,16,18)/t17-;10-/m01/s1. The quantitative estimate of drug-likeness (QED) is 0.0905. The average molecular weight is 759 g/mol. The van der Waals surface area contributed by atoms with Gasteiger partial charge in [-0.05, 0) is 55.5 Å². The third kappa shape index (κ3) is 11.5. The Labute approximate surface area is 311 Å². The molecule has 4 N–H and O–H groups in total. The minimum atomic E-state index is -0.716. The number of hydrogen-bond donors (Lipinski definition) is 4. The molecule has 18 nitrogen and oxygen atoms in total. The van der Waals surface area contributed by atoms with Crippen LogP contribution in [-0.4, -0.2) is 143 Å². The van der Waals surface area contributed by atoms with Crippen molar-refractivity contribution in [1.29, 1.82) is 10.8 Å². The van der Waals surface area contributed by atoms with Gasteiger partial charge in [0.15, 0.2) is 0 Å². The number of amides is 4. The molecule has 0 bridgehead atoms. The Bertz CT molecular complexity index is 1640. The topological polar surface area (TPSA) is 216 Å². The molecule has 0 saturated carbocycles. The van der Waals surface area contributed by atoms with E-state index in [-0.39, 0.29) is 35.7 Å². The molecule has 0 aromatic heterocycles. The number of piperazine rings is 1. The largest absolute Gasteiger partial charge is 0.465 e. The maximum atomic E-state index is 12.4. The Hall–Kier alpha value is -5.46. The lowest BCUT2D eigenvalue weighted by Crippen LogP contribution is -2.50. The highest BCUT2D eigenvalue weighted by Crippen LogP contribution is 2.24. The highest BCUT2D eigenvalue weighted by molar-refractivity contribution is 6.18. The molecular weight excluding hydrogens is 716 g/mol. The molecule has 286 valence electrons. The highest BCUT2D eigenvalue weighted by atomic mass is 35.5. The maximum Gasteiger partial charge on any atom is 0.414 e. The van der Waals surface area contributed by atoms with Crippen molar-refractivity contribution < 1.29 is 47.7 Å². The summed E-state index contributed by atoms with van der Waals surface area (Å²) in [5, 5.41) is 20.1. The van der Waals surface area contributed by atoms with Crippen molar-refractivity contribution in [2.75, 3.05) is 88.9 Å². The van der Waals surface area contributed by atoms with E-state index in [2.05, 4.69) is 29.9 Å². The van der Waals surface area contributed by atoms with Crippen molar-refractivity contribution in [3.05, 3.63) is 59.7 Å². The molecule has 5 rings (SSSR count). The number of cyclic esters (lactones) is 2. The van der Waals surface area contributed by atoms with Crippen molar-refractivity contribution in [1.82, 2.24) is 20.4 Å². The first-order chi connectivity index (χ1) is 25.4. The summed E-state index contributed by atoms with van der Waals surface area (Å²) in [6.45, 7) is 7.03. The molecule has 0 aliphatic carbocycles. The van der Waals surface area contributed by atoms with Gasteiger partial charge in [0.1, 0.15) is 23.9 Å². The van der Waals surface area contributed by atoms with Crippen molar-refractivity contribution in [3.63, 3.8) is 0 Å². The molecule has 0 radical (unpaired) electrons. The molecular formula is C34H43ClN8O10. The predicted octanol–water partition coefficient (Wildman–Crippen LogP) is 2.81. The fourth-order valence-corrected chi connectivity index (χ4v) is 5.67. The Morgan fingerprint density at radius 1 is 0.755 bits per heavy atom. The number of nitrogens with zero attached hydrogens (tertiary/aromatic N) is 4. The van der Waals surface area contributed by atoms with Gasteiger partial charge in [0.2, 0.25) is 0 Å². The normalized spacial score (nSPS) is 18.6. The van der Waals surface area contributed by atoms with Gasteiger partial charge in [-0.25, -0.2) is 19.2 Å². The van der Waals surface area contributed by atoms with Crippen LogP contribution in [0.5, 0.6) is 0 Å². The molecule has 2 atom stereocenters. The summed E-state index contributed by atoms with van der Waals surface area (Å²) >= 11 is 5.67. The number of carbonyl (C=O) groups is 5. The summed E-state index contributed by atoms with van der Waals surface area (Å²) in [6.07, 6.45) is -2.86. The lowest BCUT2D eigenvalue weighted by atomic mass is 10.1. The minimum absolute atomic E-state index is 0.0870. The van der Waals surface area contributed by atoms with Gasteiger partial charge in [-0.2, -0.15) is 0 Å². The van der Waals surface area contributed by atoms with E-state index in [4.69, 9.17) is 36.6 Å². The molecule has 3 fully saturated rings. The first-order valence-corrected chi connectivity index (χ1v) is 17.2. The number of nitrogens with one attached hydrogen (secondary N) is 4. The van der Waals surface area contributed by atoms with E-state index in [1.54, 1.807) is 60.4 Å². The predicted molar refractivity (Wildman–Crippen MR) is 193 cm³/mol. The zero-order valence-corrected chi connectivity index (χ0v) is 30.3. The van der Waals surface area contributed by atoms with E-state index in [1.807, 2.05) is 0 Å². The number of ether oxygens (including phenoxy) is 5. The number of carbonyl (C=O) groups excluding carboxylic acids is 5. The number of amidine groups is 2.